The minimum Gasteiger partial charge on any atom is -0.480 e. The maximum absolute atomic E-state index is 13.3. The molecular formula is C27H51N5O6. The van der Waals surface area contributed by atoms with Crippen molar-refractivity contribution in [2.45, 2.75) is 118 Å². The molecule has 0 bridgehead atoms. The van der Waals surface area contributed by atoms with Crippen LogP contribution in [-0.4, -0.2) is 64.9 Å². The number of carbonyl (C=O) groups excluding carboxylic acids is 4. The lowest BCUT2D eigenvalue weighted by Crippen LogP contribution is -2.60. The zero-order valence-electron chi connectivity index (χ0n) is 24.6. The molecule has 0 aliphatic carbocycles. The van der Waals surface area contributed by atoms with Gasteiger partial charge in [-0.25, -0.2) is 0 Å². The molecule has 0 aromatic carbocycles. The molecule has 0 aromatic rings. The van der Waals surface area contributed by atoms with Gasteiger partial charge in [-0.3, -0.25) is 24.0 Å². The number of aliphatic carboxylic acids is 1. The summed E-state index contributed by atoms with van der Waals surface area (Å²) < 4.78 is 0. The Bertz CT molecular complexity index is 803. The molecule has 0 saturated carbocycles. The highest BCUT2D eigenvalue weighted by atomic mass is 16.4. The van der Waals surface area contributed by atoms with Crippen molar-refractivity contribution >= 4 is 29.6 Å². The third-order valence-corrected chi connectivity index (χ3v) is 6.76. The van der Waals surface area contributed by atoms with E-state index in [0.717, 1.165) is 0 Å². The van der Waals surface area contributed by atoms with Crippen LogP contribution in [0.25, 0.3) is 0 Å². The van der Waals surface area contributed by atoms with Crippen molar-refractivity contribution in [2.24, 2.45) is 29.4 Å². The van der Waals surface area contributed by atoms with Gasteiger partial charge in [0.15, 0.2) is 0 Å². The molecule has 0 aromatic heterocycles. The van der Waals surface area contributed by atoms with E-state index in [4.69, 9.17) is 10.8 Å². The third-order valence-electron chi connectivity index (χ3n) is 6.76. The zero-order valence-corrected chi connectivity index (χ0v) is 24.6. The average Bonchev–Trinajstić information content (AvgIpc) is 2.83. The Kier molecular flexibility index (Phi) is 15.8. The minimum absolute atomic E-state index is 0.0333. The van der Waals surface area contributed by atoms with E-state index in [9.17, 15) is 24.0 Å². The fraction of sp³-hybridized carbons (Fsp3) is 0.815. The standard InChI is InChI=1S/C27H51N5O6/c1-10-16(7)21(28)25(35)31-19(12-14(3)4)23(33)30-20(13-15(5)6)24(34)32-22(17(8)11-2)26(36)29-18(9)27(37)38/h14-22H,10-13,28H2,1-9H3,(H,29,36)(H,30,33)(H,31,35)(H,32,34)(H,37,38). The van der Waals surface area contributed by atoms with Crippen molar-refractivity contribution < 1.29 is 29.1 Å². The van der Waals surface area contributed by atoms with Crippen LogP contribution in [-0.2, 0) is 24.0 Å². The number of hydrogen-bond donors (Lipinski definition) is 6. The first-order valence-corrected chi connectivity index (χ1v) is 13.7. The number of rotatable bonds is 17. The van der Waals surface area contributed by atoms with Crippen LogP contribution in [0, 0.1) is 23.7 Å². The van der Waals surface area contributed by atoms with Crippen LogP contribution >= 0.6 is 0 Å². The van der Waals surface area contributed by atoms with E-state index in [2.05, 4.69) is 21.3 Å². The zero-order chi connectivity index (χ0) is 29.7. The lowest BCUT2D eigenvalue weighted by atomic mass is 9.96. The third kappa shape index (κ3) is 12.2. The number of carboxylic acid groups (broad SMARTS) is 1. The molecule has 220 valence electrons. The Labute approximate surface area is 227 Å². The maximum atomic E-state index is 13.3. The van der Waals surface area contributed by atoms with Crippen molar-refractivity contribution in [3.8, 4) is 0 Å². The van der Waals surface area contributed by atoms with E-state index < -0.39 is 59.8 Å². The van der Waals surface area contributed by atoms with Crippen molar-refractivity contribution in [2.75, 3.05) is 0 Å². The second-order valence-electron chi connectivity index (χ2n) is 11.2. The molecule has 7 atom stereocenters. The molecule has 0 aliphatic rings. The summed E-state index contributed by atoms with van der Waals surface area (Å²) in [5.74, 6) is -3.52. The molecule has 0 spiro atoms. The van der Waals surface area contributed by atoms with Gasteiger partial charge in [0.2, 0.25) is 23.6 Å². The van der Waals surface area contributed by atoms with Gasteiger partial charge in [0.05, 0.1) is 6.04 Å². The number of nitrogens with two attached hydrogens (primary N) is 1. The molecule has 11 heteroatoms. The first kappa shape index (κ1) is 35.3. The SMILES string of the molecule is CCC(C)C(N)C(=O)NC(CC(C)C)C(=O)NC(CC(C)C)C(=O)NC(C(=O)NC(C)C(=O)O)C(C)CC. The van der Waals surface area contributed by atoms with Gasteiger partial charge >= 0.3 is 5.97 Å². The van der Waals surface area contributed by atoms with Gasteiger partial charge in [0.1, 0.15) is 24.2 Å². The van der Waals surface area contributed by atoms with E-state index in [0.29, 0.717) is 25.7 Å². The van der Waals surface area contributed by atoms with Crippen LogP contribution in [0.3, 0.4) is 0 Å². The van der Waals surface area contributed by atoms with Gasteiger partial charge in [0, 0.05) is 0 Å². The molecule has 7 N–H and O–H groups in total. The van der Waals surface area contributed by atoms with E-state index in [1.807, 2.05) is 48.5 Å². The molecule has 11 nitrogen and oxygen atoms in total. The van der Waals surface area contributed by atoms with Gasteiger partial charge in [-0.2, -0.15) is 0 Å². The maximum Gasteiger partial charge on any atom is 0.325 e. The second-order valence-corrected chi connectivity index (χ2v) is 11.2. The van der Waals surface area contributed by atoms with Gasteiger partial charge in [-0.05, 0) is 43.4 Å². The Morgan fingerprint density at radius 1 is 0.632 bits per heavy atom. The molecule has 0 rings (SSSR count). The first-order valence-electron chi connectivity index (χ1n) is 13.7. The quantitative estimate of drug-likeness (QED) is 0.162. The normalized spacial score (nSPS) is 16.9. The average molecular weight is 542 g/mol. The van der Waals surface area contributed by atoms with Crippen LogP contribution in [0.2, 0.25) is 0 Å². The molecule has 0 radical (unpaired) electrons. The molecule has 7 unspecified atom stereocenters. The summed E-state index contributed by atoms with van der Waals surface area (Å²) in [5, 5.41) is 19.8. The molecule has 38 heavy (non-hydrogen) atoms. The van der Waals surface area contributed by atoms with E-state index in [1.54, 1.807) is 6.92 Å². The molecule has 0 fully saturated rings. The summed E-state index contributed by atoms with van der Waals surface area (Å²) in [5.41, 5.74) is 6.06. The lowest BCUT2D eigenvalue weighted by molar-refractivity contribution is -0.142. The van der Waals surface area contributed by atoms with E-state index in [-0.39, 0.29) is 23.7 Å². The second kappa shape index (κ2) is 17.0. The summed E-state index contributed by atoms with van der Waals surface area (Å²) >= 11 is 0. The van der Waals surface area contributed by atoms with E-state index in [1.165, 1.54) is 6.92 Å². The van der Waals surface area contributed by atoms with Crippen molar-refractivity contribution in [1.82, 2.24) is 21.3 Å². The van der Waals surface area contributed by atoms with Crippen molar-refractivity contribution in [3.63, 3.8) is 0 Å². The fourth-order valence-electron chi connectivity index (χ4n) is 3.78. The summed E-state index contributed by atoms with van der Waals surface area (Å²) in [7, 11) is 0. The summed E-state index contributed by atoms with van der Waals surface area (Å²) in [6.45, 7) is 16.4. The smallest absolute Gasteiger partial charge is 0.325 e. The topological polar surface area (TPSA) is 180 Å². The number of nitrogens with one attached hydrogen (secondary N) is 4. The fourth-order valence-corrected chi connectivity index (χ4v) is 3.78. The highest BCUT2D eigenvalue weighted by Gasteiger charge is 2.33. The Balaban J connectivity index is 5.81. The van der Waals surface area contributed by atoms with Gasteiger partial charge in [-0.1, -0.05) is 68.2 Å². The first-order chi connectivity index (χ1) is 17.5. The van der Waals surface area contributed by atoms with Gasteiger partial charge in [0.25, 0.3) is 0 Å². The van der Waals surface area contributed by atoms with Crippen LogP contribution in [0.15, 0.2) is 0 Å². The van der Waals surface area contributed by atoms with Gasteiger partial charge in [-0.15, -0.1) is 0 Å². The monoisotopic (exact) mass is 541 g/mol. The predicted octanol–water partition coefficient (Wildman–Crippen LogP) is 1.54. The molecule has 0 heterocycles. The van der Waals surface area contributed by atoms with Crippen LogP contribution in [0.4, 0.5) is 0 Å². The predicted molar refractivity (Wildman–Crippen MR) is 147 cm³/mol. The largest absolute Gasteiger partial charge is 0.480 e. The molecule has 0 aliphatic heterocycles. The number of carboxylic acids is 1. The van der Waals surface area contributed by atoms with Crippen LogP contribution in [0.1, 0.15) is 88.0 Å². The van der Waals surface area contributed by atoms with Crippen LogP contribution < -0.4 is 27.0 Å². The number of carbonyl (C=O) groups is 5. The highest BCUT2D eigenvalue weighted by Crippen LogP contribution is 2.13. The lowest BCUT2D eigenvalue weighted by Gasteiger charge is -2.29. The van der Waals surface area contributed by atoms with E-state index >= 15 is 0 Å². The Morgan fingerprint density at radius 2 is 1.05 bits per heavy atom. The Hall–Kier alpha value is -2.69. The van der Waals surface area contributed by atoms with Gasteiger partial charge < -0.3 is 32.1 Å². The molecular weight excluding hydrogens is 490 g/mol. The molecule has 0 saturated heterocycles. The number of hydrogen-bond acceptors (Lipinski definition) is 6. The van der Waals surface area contributed by atoms with Crippen molar-refractivity contribution in [3.05, 3.63) is 0 Å². The molecule has 4 amide bonds. The summed E-state index contributed by atoms with van der Waals surface area (Å²) in [6.07, 6.45) is 1.92. The minimum atomic E-state index is -1.19. The Morgan fingerprint density at radius 3 is 1.45 bits per heavy atom. The number of amides is 4. The van der Waals surface area contributed by atoms with Crippen molar-refractivity contribution in [1.29, 1.82) is 0 Å². The summed E-state index contributed by atoms with van der Waals surface area (Å²) in [4.78, 5) is 63.4. The highest BCUT2D eigenvalue weighted by molar-refractivity contribution is 5.95. The van der Waals surface area contributed by atoms with Crippen LogP contribution in [0.5, 0.6) is 0 Å². The summed E-state index contributed by atoms with van der Waals surface area (Å²) in [6, 6.07) is -4.72.